The van der Waals surface area contributed by atoms with Gasteiger partial charge in [-0.1, -0.05) is 35.6 Å². The first-order valence-electron chi connectivity index (χ1n) is 12.3. The van der Waals surface area contributed by atoms with Gasteiger partial charge >= 0.3 is 6.03 Å². The Morgan fingerprint density at radius 3 is 2.77 bits per heavy atom. The van der Waals surface area contributed by atoms with Crippen molar-refractivity contribution in [1.29, 1.82) is 0 Å². The molecule has 0 aliphatic carbocycles. The summed E-state index contributed by atoms with van der Waals surface area (Å²) in [5, 5.41) is 11.1. The predicted octanol–water partition coefficient (Wildman–Crippen LogP) is 1.70. The lowest BCUT2D eigenvalue weighted by Gasteiger charge is -2.29. The van der Waals surface area contributed by atoms with Gasteiger partial charge in [0, 0.05) is 56.3 Å². The number of halogens is 1. The van der Waals surface area contributed by atoms with E-state index in [1.54, 1.807) is 37.4 Å². The number of rotatable bonds is 6. The first-order chi connectivity index (χ1) is 18.7. The monoisotopic (exact) mass is 549 g/mol. The average Bonchev–Trinajstić information content (AvgIpc) is 3.23. The van der Waals surface area contributed by atoms with Crippen molar-refractivity contribution in [2.45, 2.75) is 38.4 Å². The van der Waals surface area contributed by atoms with Crippen molar-refractivity contribution in [2.24, 2.45) is 10.7 Å². The van der Waals surface area contributed by atoms with Crippen molar-refractivity contribution in [3.05, 3.63) is 63.7 Å². The molecule has 0 spiro atoms. The van der Waals surface area contributed by atoms with E-state index in [2.05, 4.69) is 38.1 Å². The number of benzene rings is 2. The second-order valence-electron chi connectivity index (χ2n) is 8.98. The summed E-state index contributed by atoms with van der Waals surface area (Å²) < 4.78 is 0. The van der Waals surface area contributed by atoms with Gasteiger partial charge in [-0.15, -0.1) is 0 Å². The number of aliphatic imine (C=N–C) groups is 1. The van der Waals surface area contributed by atoms with Gasteiger partial charge in [-0.2, -0.15) is 0 Å². The SMILES string of the molecule is CN=C(N)NCCC#Cc1ccc(NC(=O)NCc2ccc3c(c2)CN(C2CCC(=O)NC2=O)C3=O)cc1Cl. The Morgan fingerprint density at radius 1 is 1.21 bits per heavy atom. The van der Waals surface area contributed by atoms with Crippen LogP contribution in [-0.4, -0.2) is 54.2 Å². The quantitative estimate of drug-likeness (QED) is 0.121. The van der Waals surface area contributed by atoms with E-state index in [1.807, 2.05) is 6.07 Å². The van der Waals surface area contributed by atoms with Crippen LogP contribution < -0.4 is 27.0 Å². The predicted molar refractivity (Wildman–Crippen MR) is 147 cm³/mol. The fourth-order valence-electron chi connectivity index (χ4n) is 4.28. The minimum Gasteiger partial charge on any atom is -0.370 e. The van der Waals surface area contributed by atoms with E-state index >= 15 is 0 Å². The Balaban J connectivity index is 1.28. The molecule has 39 heavy (non-hydrogen) atoms. The van der Waals surface area contributed by atoms with Crippen LogP contribution >= 0.6 is 11.6 Å². The molecule has 0 radical (unpaired) electrons. The van der Waals surface area contributed by atoms with Crippen molar-refractivity contribution in [1.82, 2.24) is 20.9 Å². The van der Waals surface area contributed by atoms with Gasteiger partial charge in [0.2, 0.25) is 11.8 Å². The molecule has 12 heteroatoms. The summed E-state index contributed by atoms with van der Waals surface area (Å²) >= 11 is 6.32. The van der Waals surface area contributed by atoms with Crippen LogP contribution in [0, 0.1) is 11.8 Å². The van der Waals surface area contributed by atoms with Crippen molar-refractivity contribution in [3.63, 3.8) is 0 Å². The number of imide groups is 1. The van der Waals surface area contributed by atoms with Gasteiger partial charge in [-0.25, -0.2) is 4.79 Å². The molecule has 4 rings (SSSR count). The Morgan fingerprint density at radius 2 is 2.03 bits per heavy atom. The lowest BCUT2D eigenvalue weighted by Crippen LogP contribution is -2.52. The summed E-state index contributed by atoms with van der Waals surface area (Å²) in [4.78, 5) is 54.2. The van der Waals surface area contributed by atoms with Gasteiger partial charge in [-0.05, 0) is 41.8 Å². The number of nitrogens with one attached hydrogen (secondary N) is 4. The number of fused-ring (bicyclic) bond motifs is 1. The molecule has 2 heterocycles. The highest BCUT2D eigenvalue weighted by Gasteiger charge is 2.39. The van der Waals surface area contributed by atoms with E-state index < -0.39 is 18.0 Å². The van der Waals surface area contributed by atoms with Crippen LogP contribution in [0.25, 0.3) is 0 Å². The number of hydrogen-bond donors (Lipinski definition) is 5. The third-order valence-corrected chi connectivity index (χ3v) is 6.60. The van der Waals surface area contributed by atoms with Gasteiger partial charge in [0.15, 0.2) is 5.96 Å². The van der Waals surface area contributed by atoms with Crippen molar-refractivity contribution >= 4 is 47.0 Å². The number of carbonyl (C=O) groups excluding carboxylic acids is 4. The standard InChI is InChI=1S/C27H28ClN7O4/c1-30-26(29)31-11-3-2-4-17-6-7-19(13-21(17)28)33-27(39)32-14-16-5-8-20-18(12-16)15-35(25(20)38)22-9-10-23(36)34-24(22)37/h5-8,12-13,22H,3,9-11,14-15H2,1H3,(H3,29,30,31)(H2,32,33,39)(H,34,36,37). The maximum Gasteiger partial charge on any atom is 0.319 e. The zero-order valence-electron chi connectivity index (χ0n) is 21.3. The van der Waals surface area contributed by atoms with Gasteiger partial charge in [0.05, 0.1) is 5.02 Å². The first-order valence-corrected chi connectivity index (χ1v) is 12.7. The molecule has 202 valence electrons. The van der Waals surface area contributed by atoms with Crippen LogP contribution in [0.4, 0.5) is 10.5 Å². The van der Waals surface area contributed by atoms with Crippen LogP contribution in [0.15, 0.2) is 41.4 Å². The maximum atomic E-state index is 12.8. The van der Waals surface area contributed by atoms with E-state index in [4.69, 9.17) is 17.3 Å². The summed E-state index contributed by atoms with van der Waals surface area (Å²) in [5.74, 6) is 5.32. The van der Waals surface area contributed by atoms with E-state index in [0.29, 0.717) is 47.2 Å². The molecule has 11 nitrogen and oxygen atoms in total. The largest absolute Gasteiger partial charge is 0.370 e. The smallest absolute Gasteiger partial charge is 0.319 e. The molecule has 1 saturated heterocycles. The zero-order valence-corrected chi connectivity index (χ0v) is 22.0. The highest BCUT2D eigenvalue weighted by molar-refractivity contribution is 6.32. The number of urea groups is 1. The fourth-order valence-corrected chi connectivity index (χ4v) is 4.51. The van der Waals surface area contributed by atoms with Gasteiger partial charge < -0.3 is 26.6 Å². The van der Waals surface area contributed by atoms with E-state index in [9.17, 15) is 19.2 Å². The third-order valence-electron chi connectivity index (χ3n) is 6.29. The topological polar surface area (TPSA) is 158 Å². The van der Waals surface area contributed by atoms with Crippen molar-refractivity contribution in [3.8, 4) is 11.8 Å². The molecule has 2 aromatic carbocycles. The fraction of sp³-hybridized carbons (Fsp3) is 0.296. The van der Waals surface area contributed by atoms with Gasteiger partial charge in [0.25, 0.3) is 5.91 Å². The van der Waals surface area contributed by atoms with Crippen molar-refractivity contribution in [2.75, 3.05) is 18.9 Å². The minimum atomic E-state index is -0.670. The van der Waals surface area contributed by atoms with Crippen LogP contribution in [-0.2, 0) is 22.7 Å². The molecule has 2 aromatic rings. The van der Waals surface area contributed by atoms with E-state index in [0.717, 1.165) is 11.1 Å². The number of nitrogens with zero attached hydrogens (tertiary/aromatic N) is 2. The lowest BCUT2D eigenvalue weighted by atomic mass is 10.0. The summed E-state index contributed by atoms with van der Waals surface area (Å²) in [5.41, 5.74) is 8.79. The van der Waals surface area contributed by atoms with Gasteiger partial charge in [0.1, 0.15) is 6.04 Å². The number of guanidine groups is 1. The third kappa shape index (κ3) is 6.86. The molecular formula is C27H28ClN7O4. The molecule has 5 amide bonds. The molecular weight excluding hydrogens is 522 g/mol. The molecule has 1 unspecified atom stereocenters. The summed E-state index contributed by atoms with van der Waals surface area (Å²) in [7, 11) is 1.60. The molecule has 2 aliphatic heterocycles. The molecule has 0 saturated carbocycles. The minimum absolute atomic E-state index is 0.199. The molecule has 1 fully saturated rings. The molecule has 0 bridgehead atoms. The summed E-state index contributed by atoms with van der Waals surface area (Å²) in [6.07, 6.45) is 1.06. The number of nitrogens with two attached hydrogens (primary N) is 1. The highest BCUT2D eigenvalue weighted by atomic mass is 35.5. The van der Waals surface area contributed by atoms with Crippen LogP contribution in [0.2, 0.25) is 5.02 Å². The molecule has 0 aromatic heterocycles. The molecule has 2 aliphatic rings. The van der Waals surface area contributed by atoms with Crippen LogP contribution in [0.1, 0.15) is 46.3 Å². The molecule has 6 N–H and O–H groups in total. The van der Waals surface area contributed by atoms with Gasteiger partial charge in [-0.3, -0.25) is 24.7 Å². The average molecular weight is 550 g/mol. The normalized spacial score (nSPS) is 16.7. The summed E-state index contributed by atoms with van der Waals surface area (Å²) in [6, 6.07) is 9.25. The maximum absolute atomic E-state index is 12.8. The molecule has 1 atom stereocenters. The first kappa shape index (κ1) is 27.5. The Hall–Kier alpha value is -4.56. The van der Waals surface area contributed by atoms with E-state index in [-0.39, 0.29) is 31.3 Å². The number of piperidine rings is 1. The van der Waals surface area contributed by atoms with Crippen LogP contribution in [0.5, 0.6) is 0 Å². The second-order valence-corrected chi connectivity index (χ2v) is 9.39. The zero-order chi connectivity index (χ0) is 27.9. The number of amides is 5. The Labute approximate surface area is 230 Å². The number of carbonyl (C=O) groups is 4. The second kappa shape index (κ2) is 12.3. The summed E-state index contributed by atoms with van der Waals surface area (Å²) in [6.45, 7) is 1.06. The van der Waals surface area contributed by atoms with Crippen LogP contribution in [0.3, 0.4) is 0 Å². The highest BCUT2D eigenvalue weighted by Crippen LogP contribution is 2.28. The number of anilines is 1. The van der Waals surface area contributed by atoms with Crippen molar-refractivity contribution < 1.29 is 19.2 Å². The number of hydrogen-bond acceptors (Lipinski definition) is 5. The lowest BCUT2D eigenvalue weighted by molar-refractivity contribution is -0.136. The Bertz CT molecular complexity index is 1410. The Kier molecular flexibility index (Phi) is 8.68. The van der Waals surface area contributed by atoms with E-state index in [1.165, 1.54) is 4.90 Å².